The Hall–Kier alpha value is -2.66. The van der Waals surface area contributed by atoms with Gasteiger partial charge in [0, 0.05) is 50.4 Å². The van der Waals surface area contributed by atoms with Crippen molar-refractivity contribution < 1.29 is 13.5 Å². The van der Waals surface area contributed by atoms with Crippen LogP contribution < -0.4 is 17.2 Å². The number of nitrogens with zero attached hydrogens (tertiary/aromatic N) is 5. The summed E-state index contributed by atoms with van der Waals surface area (Å²) in [5.74, 6) is -2.98. The Labute approximate surface area is 153 Å². The fourth-order valence-electron chi connectivity index (χ4n) is 3.55. The van der Waals surface area contributed by atoms with E-state index in [1.807, 2.05) is 4.90 Å². The summed E-state index contributed by atoms with van der Waals surface area (Å²) in [7, 11) is 0. The molecule has 9 nitrogen and oxygen atoms in total. The third kappa shape index (κ3) is 3.47. The maximum atomic E-state index is 14.5. The molecule has 1 saturated heterocycles. The van der Waals surface area contributed by atoms with E-state index in [0.717, 1.165) is 15.8 Å². The zero-order chi connectivity index (χ0) is 19.2. The van der Waals surface area contributed by atoms with Crippen molar-refractivity contribution in [3.63, 3.8) is 0 Å². The molecule has 2 aliphatic heterocycles. The lowest BCUT2D eigenvalue weighted by Gasteiger charge is -2.29. The number of alkyl halides is 2. The molecule has 0 bridgehead atoms. The van der Waals surface area contributed by atoms with Crippen LogP contribution in [0.5, 0.6) is 0 Å². The molecule has 4 rings (SSSR count). The molecule has 0 aromatic carbocycles. The fraction of sp³-hybridized carbons (Fsp3) is 0.500. The van der Waals surface area contributed by atoms with Crippen molar-refractivity contribution in [1.82, 2.24) is 24.4 Å². The minimum Gasteiger partial charge on any atom is -0.383 e. The molecule has 0 amide bonds. The van der Waals surface area contributed by atoms with Gasteiger partial charge in [-0.25, -0.2) is 23.5 Å². The van der Waals surface area contributed by atoms with Gasteiger partial charge in [0.25, 0.3) is 5.92 Å². The van der Waals surface area contributed by atoms with Gasteiger partial charge in [-0.2, -0.15) is 4.98 Å². The van der Waals surface area contributed by atoms with E-state index < -0.39 is 30.4 Å². The van der Waals surface area contributed by atoms with Gasteiger partial charge in [0.05, 0.1) is 11.8 Å². The molecule has 0 aliphatic carbocycles. The van der Waals surface area contributed by atoms with Crippen LogP contribution in [0.4, 0.5) is 20.5 Å². The fourth-order valence-corrected chi connectivity index (χ4v) is 3.55. The summed E-state index contributed by atoms with van der Waals surface area (Å²) >= 11 is 0. The number of nitrogens with two attached hydrogens (primary N) is 2. The van der Waals surface area contributed by atoms with Crippen molar-refractivity contribution in [3.8, 4) is 0 Å². The van der Waals surface area contributed by atoms with Crippen molar-refractivity contribution >= 4 is 11.8 Å². The van der Waals surface area contributed by atoms with Gasteiger partial charge in [-0.3, -0.25) is 9.47 Å². The normalized spacial score (nSPS) is 24.7. The van der Waals surface area contributed by atoms with Crippen LogP contribution in [0.3, 0.4) is 0 Å². The second-order valence-electron chi connectivity index (χ2n) is 6.80. The Morgan fingerprint density at radius 3 is 2.93 bits per heavy atom. The van der Waals surface area contributed by atoms with Gasteiger partial charge in [0.2, 0.25) is 12.2 Å². The second kappa shape index (κ2) is 6.50. The van der Waals surface area contributed by atoms with E-state index in [0.29, 0.717) is 26.1 Å². The first kappa shape index (κ1) is 17.7. The van der Waals surface area contributed by atoms with E-state index in [2.05, 4.69) is 15.0 Å². The molecule has 11 heteroatoms. The van der Waals surface area contributed by atoms with E-state index >= 15 is 0 Å². The molecule has 4 N–H and O–H groups in total. The van der Waals surface area contributed by atoms with Gasteiger partial charge < -0.3 is 16.2 Å². The first-order chi connectivity index (χ1) is 12.8. The SMILES string of the molecule is Nc1ccn([C@@H]2O[C@H](CN3CCc4nc(N)ncc4C3)CC2(F)F)c(=O)n1. The van der Waals surface area contributed by atoms with Gasteiger partial charge in [-0.05, 0) is 6.07 Å². The molecule has 0 spiro atoms. The Kier molecular flexibility index (Phi) is 4.27. The Morgan fingerprint density at radius 2 is 2.15 bits per heavy atom. The number of hydrogen-bond acceptors (Lipinski definition) is 8. The summed E-state index contributed by atoms with van der Waals surface area (Å²) in [6.07, 6.45) is 0.626. The lowest BCUT2D eigenvalue weighted by molar-refractivity contribution is -0.119. The third-order valence-electron chi connectivity index (χ3n) is 4.78. The average Bonchev–Trinajstić information content (AvgIpc) is 2.89. The largest absolute Gasteiger partial charge is 0.383 e. The molecule has 4 heterocycles. The van der Waals surface area contributed by atoms with Gasteiger partial charge in [-0.15, -0.1) is 0 Å². The van der Waals surface area contributed by atoms with Crippen molar-refractivity contribution in [2.45, 2.75) is 37.6 Å². The highest BCUT2D eigenvalue weighted by molar-refractivity contribution is 5.27. The molecule has 2 aromatic rings. The first-order valence-corrected chi connectivity index (χ1v) is 8.52. The van der Waals surface area contributed by atoms with Crippen LogP contribution >= 0.6 is 0 Å². The third-order valence-corrected chi connectivity index (χ3v) is 4.78. The number of fused-ring (bicyclic) bond motifs is 1. The monoisotopic (exact) mass is 379 g/mol. The Bertz CT molecular complexity index is 920. The summed E-state index contributed by atoms with van der Waals surface area (Å²) < 4.78 is 35.3. The lowest BCUT2D eigenvalue weighted by atomic mass is 10.1. The van der Waals surface area contributed by atoms with E-state index in [-0.39, 0.29) is 11.8 Å². The summed E-state index contributed by atoms with van der Waals surface area (Å²) in [6, 6.07) is 1.29. The number of halogens is 2. The lowest BCUT2D eigenvalue weighted by Crippen LogP contribution is -2.37. The van der Waals surface area contributed by atoms with Gasteiger partial charge in [-0.1, -0.05) is 0 Å². The predicted molar refractivity (Wildman–Crippen MR) is 91.8 cm³/mol. The van der Waals surface area contributed by atoms with Crippen LogP contribution in [0.2, 0.25) is 0 Å². The number of nitrogen functional groups attached to an aromatic ring is 2. The van der Waals surface area contributed by atoms with Gasteiger partial charge >= 0.3 is 5.69 Å². The second-order valence-corrected chi connectivity index (χ2v) is 6.80. The van der Waals surface area contributed by atoms with E-state index in [4.69, 9.17) is 16.2 Å². The zero-order valence-corrected chi connectivity index (χ0v) is 14.4. The van der Waals surface area contributed by atoms with Crippen molar-refractivity contribution in [3.05, 3.63) is 40.2 Å². The molecule has 27 heavy (non-hydrogen) atoms. The first-order valence-electron chi connectivity index (χ1n) is 8.52. The molecule has 2 atom stereocenters. The number of anilines is 2. The van der Waals surface area contributed by atoms with Gasteiger partial charge in [0.1, 0.15) is 5.82 Å². The van der Waals surface area contributed by atoms with Crippen LogP contribution in [-0.2, 0) is 17.7 Å². The van der Waals surface area contributed by atoms with E-state index in [9.17, 15) is 13.6 Å². The molecular formula is C16H19F2N7O2. The maximum Gasteiger partial charge on any atom is 0.351 e. The zero-order valence-electron chi connectivity index (χ0n) is 14.4. The number of ether oxygens (including phenoxy) is 1. The minimum absolute atomic E-state index is 0.0241. The number of hydrogen-bond donors (Lipinski definition) is 2. The molecule has 144 valence electrons. The van der Waals surface area contributed by atoms with Crippen LogP contribution in [0.1, 0.15) is 23.9 Å². The van der Waals surface area contributed by atoms with Crippen molar-refractivity contribution in [2.24, 2.45) is 0 Å². The molecule has 2 aliphatic rings. The maximum absolute atomic E-state index is 14.5. The van der Waals surface area contributed by atoms with Gasteiger partial charge in [0.15, 0.2) is 0 Å². The van der Waals surface area contributed by atoms with Crippen molar-refractivity contribution in [1.29, 1.82) is 0 Å². The number of rotatable bonds is 3. The van der Waals surface area contributed by atoms with Crippen molar-refractivity contribution in [2.75, 3.05) is 24.6 Å². The van der Waals surface area contributed by atoms with Crippen LogP contribution in [0.25, 0.3) is 0 Å². The molecule has 2 aromatic heterocycles. The highest BCUT2D eigenvalue weighted by atomic mass is 19.3. The smallest absolute Gasteiger partial charge is 0.351 e. The summed E-state index contributed by atoms with van der Waals surface area (Å²) in [4.78, 5) is 25.6. The standard InChI is InChI=1S/C16H19F2N7O2/c17-16(18)5-10(27-13(16)25-4-2-12(19)23-15(25)26)8-24-3-1-11-9(7-24)6-21-14(20)22-11/h2,4,6,10,13H,1,3,5,7-8H2,(H2,19,23,26)(H2,20,21,22)/t10-,13+/m0/s1. The van der Waals surface area contributed by atoms with Crippen LogP contribution in [-0.4, -0.2) is 49.5 Å². The summed E-state index contributed by atoms with van der Waals surface area (Å²) in [6.45, 7) is 1.51. The van der Waals surface area contributed by atoms with Crippen LogP contribution in [0, 0.1) is 0 Å². The Morgan fingerprint density at radius 1 is 1.33 bits per heavy atom. The topological polar surface area (TPSA) is 125 Å². The number of aromatic nitrogens is 4. The molecule has 0 unspecified atom stereocenters. The summed E-state index contributed by atoms with van der Waals surface area (Å²) in [5.41, 5.74) is 12.0. The van der Waals surface area contributed by atoms with E-state index in [1.54, 1.807) is 6.20 Å². The highest BCUT2D eigenvalue weighted by Gasteiger charge is 2.52. The molecular weight excluding hydrogens is 360 g/mol. The quantitative estimate of drug-likeness (QED) is 0.774. The van der Waals surface area contributed by atoms with Crippen LogP contribution in [0.15, 0.2) is 23.3 Å². The predicted octanol–water partition coefficient (Wildman–Crippen LogP) is 0.179. The summed E-state index contributed by atoms with van der Waals surface area (Å²) in [5, 5.41) is 0. The average molecular weight is 379 g/mol. The minimum atomic E-state index is -3.18. The molecule has 0 saturated carbocycles. The highest BCUT2D eigenvalue weighted by Crippen LogP contribution is 2.42. The van der Waals surface area contributed by atoms with E-state index in [1.165, 1.54) is 12.3 Å². The molecule has 1 fully saturated rings. The molecule has 0 radical (unpaired) electrons. The Balaban J connectivity index is 1.47.